The van der Waals surface area contributed by atoms with Crippen molar-refractivity contribution in [1.29, 1.82) is 0 Å². The van der Waals surface area contributed by atoms with Crippen molar-refractivity contribution in [3.05, 3.63) is 0 Å². The topological polar surface area (TPSA) is 46.5 Å². The van der Waals surface area contributed by atoms with Gasteiger partial charge in [-0.3, -0.25) is 0 Å². The van der Waals surface area contributed by atoms with Crippen molar-refractivity contribution in [2.24, 2.45) is 0 Å². The monoisotopic (exact) mass is 165 g/mol. The van der Waals surface area contributed by atoms with E-state index in [1.54, 1.807) is 0 Å². The van der Waals surface area contributed by atoms with Gasteiger partial charge in [0, 0.05) is 4.57 Å². The van der Waals surface area contributed by atoms with E-state index in [0.29, 0.717) is 6.61 Å². The van der Waals surface area contributed by atoms with Crippen molar-refractivity contribution in [2.45, 2.75) is 32.6 Å². The SMILES string of the molecule is CCCCCCO[P+](=O)O. The lowest BCUT2D eigenvalue weighted by Crippen LogP contribution is -1.85. The van der Waals surface area contributed by atoms with Gasteiger partial charge in [0.2, 0.25) is 0 Å². The Labute approximate surface area is 62.3 Å². The van der Waals surface area contributed by atoms with Gasteiger partial charge in [-0.2, -0.15) is 0 Å². The summed E-state index contributed by atoms with van der Waals surface area (Å²) < 4.78 is 14.4. The molecule has 0 bridgehead atoms. The highest BCUT2D eigenvalue weighted by molar-refractivity contribution is 7.32. The molecule has 10 heavy (non-hydrogen) atoms. The second-order valence-corrected chi connectivity index (χ2v) is 2.87. The molecule has 1 unspecified atom stereocenters. The molecule has 0 heterocycles. The predicted molar refractivity (Wildman–Crippen MR) is 39.9 cm³/mol. The van der Waals surface area contributed by atoms with Crippen LogP contribution in [0.4, 0.5) is 0 Å². The van der Waals surface area contributed by atoms with E-state index in [9.17, 15) is 4.57 Å². The van der Waals surface area contributed by atoms with Crippen LogP contribution in [0.15, 0.2) is 0 Å². The van der Waals surface area contributed by atoms with Crippen molar-refractivity contribution < 1.29 is 14.0 Å². The van der Waals surface area contributed by atoms with Gasteiger partial charge in [0.05, 0.1) is 0 Å². The lowest BCUT2D eigenvalue weighted by molar-refractivity contribution is 0.274. The molecule has 4 heteroatoms. The Kier molecular flexibility index (Phi) is 7.15. The van der Waals surface area contributed by atoms with Crippen molar-refractivity contribution in [1.82, 2.24) is 0 Å². The fraction of sp³-hybridized carbons (Fsp3) is 1.00. The van der Waals surface area contributed by atoms with E-state index in [-0.39, 0.29) is 0 Å². The number of hydrogen-bond donors (Lipinski definition) is 1. The molecule has 0 saturated heterocycles. The summed E-state index contributed by atoms with van der Waals surface area (Å²) in [5.74, 6) is 0. The quantitative estimate of drug-likeness (QED) is 0.485. The van der Waals surface area contributed by atoms with Crippen LogP contribution in [0.1, 0.15) is 32.6 Å². The summed E-state index contributed by atoms with van der Waals surface area (Å²) in [7, 11) is -2.37. The van der Waals surface area contributed by atoms with Crippen LogP contribution in [-0.4, -0.2) is 11.5 Å². The highest BCUT2D eigenvalue weighted by Gasteiger charge is 2.09. The van der Waals surface area contributed by atoms with Gasteiger partial charge in [0.15, 0.2) is 0 Å². The first-order valence-corrected chi connectivity index (χ1v) is 4.69. The number of rotatable bonds is 6. The zero-order valence-corrected chi connectivity index (χ0v) is 7.14. The smallest absolute Gasteiger partial charge is 0.133 e. The lowest BCUT2D eigenvalue weighted by atomic mass is 10.2. The molecule has 0 aromatic heterocycles. The summed E-state index contributed by atoms with van der Waals surface area (Å²) in [4.78, 5) is 8.20. The van der Waals surface area contributed by atoms with Crippen LogP contribution in [0.2, 0.25) is 0 Å². The molecule has 0 amide bonds. The zero-order chi connectivity index (χ0) is 7.82. The minimum Gasteiger partial charge on any atom is -0.133 e. The van der Waals surface area contributed by atoms with E-state index >= 15 is 0 Å². The average molecular weight is 165 g/mol. The summed E-state index contributed by atoms with van der Waals surface area (Å²) in [6.45, 7) is 2.53. The summed E-state index contributed by atoms with van der Waals surface area (Å²) >= 11 is 0. The van der Waals surface area contributed by atoms with Gasteiger partial charge in [-0.05, 0) is 6.42 Å². The largest absolute Gasteiger partial charge is 0.694 e. The molecule has 0 saturated carbocycles. The third kappa shape index (κ3) is 8.02. The molecule has 0 spiro atoms. The van der Waals surface area contributed by atoms with Gasteiger partial charge in [-0.15, -0.1) is 9.42 Å². The van der Waals surface area contributed by atoms with Gasteiger partial charge >= 0.3 is 8.25 Å². The summed E-state index contributed by atoms with van der Waals surface area (Å²) in [5, 5.41) is 0. The molecular weight excluding hydrogens is 151 g/mol. The molecule has 0 aliphatic rings. The third-order valence-electron chi connectivity index (χ3n) is 1.20. The molecule has 1 atom stereocenters. The molecule has 60 valence electrons. The second kappa shape index (κ2) is 7.13. The van der Waals surface area contributed by atoms with Crippen LogP contribution in [0, 0.1) is 0 Å². The summed E-state index contributed by atoms with van der Waals surface area (Å²) in [6.07, 6.45) is 4.31. The maximum atomic E-state index is 9.96. The van der Waals surface area contributed by atoms with Crippen molar-refractivity contribution >= 4 is 8.25 Å². The summed E-state index contributed by atoms with van der Waals surface area (Å²) in [6, 6.07) is 0. The first-order chi connectivity index (χ1) is 4.77. The summed E-state index contributed by atoms with van der Waals surface area (Å²) in [5.41, 5.74) is 0. The van der Waals surface area contributed by atoms with E-state index in [1.165, 1.54) is 12.8 Å². The van der Waals surface area contributed by atoms with E-state index in [0.717, 1.165) is 12.8 Å². The number of unbranched alkanes of at least 4 members (excludes halogenated alkanes) is 3. The Hall–Kier alpha value is 0.0200. The molecule has 3 nitrogen and oxygen atoms in total. The van der Waals surface area contributed by atoms with Crippen molar-refractivity contribution in [3.63, 3.8) is 0 Å². The predicted octanol–water partition coefficient (Wildman–Crippen LogP) is 2.23. The molecule has 0 radical (unpaired) electrons. The third-order valence-corrected chi connectivity index (χ3v) is 1.60. The van der Waals surface area contributed by atoms with E-state index in [2.05, 4.69) is 11.4 Å². The Morgan fingerprint density at radius 1 is 1.40 bits per heavy atom. The normalized spacial score (nSPS) is 11.6. The molecule has 0 aromatic rings. The Balaban J connectivity index is 2.84. The lowest BCUT2D eigenvalue weighted by Gasteiger charge is -1.91. The van der Waals surface area contributed by atoms with Crippen molar-refractivity contribution in [3.8, 4) is 0 Å². The maximum absolute atomic E-state index is 9.96. The van der Waals surface area contributed by atoms with Gasteiger partial charge in [0.25, 0.3) is 0 Å². The van der Waals surface area contributed by atoms with E-state index in [4.69, 9.17) is 4.89 Å². The Morgan fingerprint density at radius 3 is 2.60 bits per heavy atom. The fourth-order valence-corrected chi connectivity index (χ4v) is 0.957. The first kappa shape index (κ1) is 10.0. The highest BCUT2D eigenvalue weighted by Crippen LogP contribution is 2.15. The Bertz CT molecular complexity index is 95.0. The van der Waals surface area contributed by atoms with E-state index in [1.807, 2.05) is 0 Å². The molecule has 0 fully saturated rings. The van der Waals surface area contributed by atoms with Crippen LogP contribution in [0.5, 0.6) is 0 Å². The minimum absolute atomic E-state index is 0.408. The minimum atomic E-state index is -2.37. The maximum Gasteiger partial charge on any atom is 0.694 e. The van der Waals surface area contributed by atoms with Crippen LogP contribution in [0.25, 0.3) is 0 Å². The number of hydrogen-bond acceptors (Lipinski definition) is 2. The van der Waals surface area contributed by atoms with Gasteiger partial charge in [0.1, 0.15) is 6.61 Å². The van der Waals surface area contributed by atoms with E-state index < -0.39 is 8.25 Å². The molecule has 0 aromatic carbocycles. The van der Waals surface area contributed by atoms with Gasteiger partial charge in [-0.25, -0.2) is 0 Å². The standard InChI is InChI=1S/C6H13O3P/c1-2-3-4-5-6-9-10(7)8/h2-6H2,1H3/p+1. The molecule has 0 rings (SSSR count). The van der Waals surface area contributed by atoms with Crippen molar-refractivity contribution in [2.75, 3.05) is 6.61 Å². The first-order valence-electron chi connectivity index (χ1n) is 3.56. The highest BCUT2D eigenvalue weighted by atomic mass is 31.1. The van der Waals surface area contributed by atoms with Crippen LogP contribution < -0.4 is 0 Å². The Morgan fingerprint density at radius 2 is 2.10 bits per heavy atom. The second-order valence-electron chi connectivity index (χ2n) is 2.13. The van der Waals surface area contributed by atoms with Gasteiger partial charge < -0.3 is 0 Å². The zero-order valence-electron chi connectivity index (χ0n) is 6.25. The fourth-order valence-electron chi connectivity index (χ4n) is 0.671. The van der Waals surface area contributed by atoms with Gasteiger partial charge in [-0.1, -0.05) is 26.2 Å². The van der Waals surface area contributed by atoms with Crippen LogP contribution in [0.3, 0.4) is 0 Å². The van der Waals surface area contributed by atoms with Crippen LogP contribution in [-0.2, 0) is 9.09 Å². The molecular formula is C6H14O3P+. The molecule has 1 N–H and O–H groups in total. The molecule has 0 aliphatic heterocycles. The average Bonchev–Trinajstić information content (AvgIpc) is 1.87. The van der Waals surface area contributed by atoms with Crippen LogP contribution >= 0.6 is 8.25 Å². The molecule has 0 aliphatic carbocycles.